The van der Waals surface area contributed by atoms with E-state index < -0.39 is 10.7 Å². The number of nitrogens with zero attached hydrogens (tertiary/aromatic N) is 2. The minimum absolute atomic E-state index is 0.168. The van der Waals surface area contributed by atoms with Crippen LogP contribution in [-0.2, 0) is 20.7 Å². The van der Waals surface area contributed by atoms with Crippen LogP contribution in [0.5, 0.6) is 0 Å². The second kappa shape index (κ2) is 10.1. The lowest BCUT2D eigenvalue weighted by Gasteiger charge is -2.41. The quantitative estimate of drug-likeness (QED) is 0.458. The van der Waals surface area contributed by atoms with Crippen molar-refractivity contribution in [2.24, 2.45) is 0 Å². The summed E-state index contributed by atoms with van der Waals surface area (Å²) in [6.45, 7) is 7.60. The molecule has 0 bridgehead atoms. The Balaban J connectivity index is 1.70. The normalized spacial score (nSPS) is 21.3. The first-order chi connectivity index (χ1) is 15.5. The first kappa shape index (κ1) is 22.9. The molecule has 0 aliphatic carbocycles. The van der Waals surface area contributed by atoms with Crippen LogP contribution in [-0.4, -0.2) is 54.3 Å². The van der Waals surface area contributed by atoms with Crippen LogP contribution in [0.3, 0.4) is 0 Å². The molecular weight excluding hydrogens is 420 g/mol. The summed E-state index contributed by atoms with van der Waals surface area (Å²) < 4.78 is 4.18. The number of carbonyl (C=O) groups is 2. The van der Waals surface area contributed by atoms with Gasteiger partial charge in [-0.2, -0.15) is 0 Å². The second-order valence-electron chi connectivity index (χ2n) is 8.64. The third kappa shape index (κ3) is 4.71. The molecule has 2 aliphatic heterocycles. The second-order valence-corrected chi connectivity index (χ2v) is 9.98. The fourth-order valence-electron chi connectivity index (χ4n) is 4.64. The third-order valence-electron chi connectivity index (χ3n) is 6.26. The van der Waals surface area contributed by atoms with Gasteiger partial charge >= 0.3 is 5.97 Å². The molecule has 6 heteroatoms. The van der Waals surface area contributed by atoms with Gasteiger partial charge in [-0.3, -0.25) is 4.79 Å². The molecule has 1 unspecified atom stereocenters. The molecule has 0 N–H and O–H groups in total. The number of carbonyl (C=O) groups excluding carboxylic acids is 2. The number of amides is 1. The zero-order valence-corrected chi connectivity index (χ0v) is 19.8. The number of para-hydroxylation sites is 1. The Kier molecular flexibility index (Phi) is 7.21. The average Bonchev–Trinajstić information content (AvgIpc) is 2.80. The predicted octanol–water partition coefficient (Wildman–Crippen LogP) is 4.46. The van der Waals surface area contributed by atoms with Gasteiger partial charge in [-0.05, 0) is 57.5 Å². The summed E-state index contributed by atoms with van der Waals surface area (Å²) >= 11 is 1.35. The van der Waals surface area contributed by atoms with Crippen molar-refractivity contribution in [1.29, 1.82) is 0 Å². The Morgan fingerprint density at radius 3 is 2.59 bits per heavy atom. The number of hydrogen-bond donors (Lipinski definition) is 0. The summed E-state index contributed by atoms with van der Waals surface area (Å²) in [5.41, 5.74) is 2.97. The molecule has 1 amide bonds. The number of hydrogen-bond acceptors (Lipinski definition) is 5. The van der Waals surface area contributed by atoms with Crippen LogP contribution in [0, 0.1) is 6.92 Å². The van der Waals surface area contributed by atoms with Gasteiger partial charge in [-0.15, -0.1) is 0 Å². The van der Waals surface area contributed by atoms with E-state index in [4.69, 9.17) is 4.74 Å². The maximum atomic E-state index is 14.1. The van der Waals surface area contributed by atoms with Crippen LogP contribution >= 0.6 is 11.8 Å². The Labute approximate surface area is 195 Å². The number of thioether (sulfide) groups is 1. The fourth-order valence-corrected chi connectivity index (χ4v) is 6.03. The molecule has 5 nitrogen and oxygen atoms in total. The van der Waals surface area contributed by atoms with E-state index in [9.17, 15) is 9.59 Å². The summed E-state index contributed by atoms with van der Waals surface area (Å²) in [6, 6.07) is 15.9. The third-order valence-corrected chi connectivity index (χ3v) is 7.66. The van der Waals surface area contributed by atoms with Crippen molar-refractivity contribution in [3.8, 4) is 0 Å². The van der Waals surface area contributed by atoms with E-state index in [-0.39, 0.29) is 12.5 Å². The van der Waals surface area contributed by atoms with E-state index in [1.807, 2.05) is 60.4 Å². The zero-order valence-electron chi connectivity index (χ0n) is 19.0. The van der Waals surface area contributed by atoms with Crippen LogP contribution in [0.15, 0.2) is 53.4 Å². The highest BCUT2D eigenvalue weighted by atomic mass is 32.2. The van der Waals surface area contributed by atoms with Gasteiger partial charge in [0.05, 0.1) is 12.3 Å². The van der Waals surface area contributed by atoms with Crippen molar-refractivity contribution in [1.82, 2.24) is 4.90 Å². The fraction of sp³-hybridized carbons (Fsp3) is 0.462. The van der Waals surface area contributed by atoms with E-state index in [1.54, 1.807) is 6.92 Å². The maximum absolute atomic E-state index is 14.1. The number of ether oxygens (including phenoxy) is 1. The molecule has 0 aromatic heterocycles. The molecule has 1 fully saturated rings. The van der Waals surface area contributed by atoms with Gasteiger partial charge in [0.1, 0.15) is 0 Å². The van der Waals surface area contributed by atoms with E-state index in [0.29, 0.717) is 13.0 Å². The number of likely N-dealkylation sites (tertiary alicyclic amines) is 1. The van der Waals surface area contributed by atoms with Gasteiger partial charge in [-0.25, -0.2) is 4.79 Å². The van der Waals surface area contributed by atoms with Crippen molar-refractivity contribution >= 4 is 29.3 Å². The summed E-state index contributed by atoms with van der Waals surface area (Å²) in [5, 5.41) is 0. The van der Waals surface area contributed by atoms with E-state index >= 15 is 0 Å². The van der Waals surface area contributed by atoms with E-state index in [1.165, 1.54) is 31.0 Å². The van der Waals surface area contributed by atoms with Gasteiger partial charge in [-0.1, -0.05) is 60.1 Å². The van der Waals surface area contributed by atoms with Crippen LogP contribution in [0.4, 0.5) is 5.69 Å². The van der Waals surface area contributed by atoms with Crippen LogP contribution in [0.1, 0.15) is 37.3 Å². The number of aryl methyl sites for hydroxylation is 1. The molecule has 0 spiro atoms. The molecule has 2 aromatic rings. The summed E-state index contributed by atoms with van der Waals surface area (Å²) in [7, 11) is 0. The molecule has 1 atom stereocenters. The van der Waals surface area contributed by atoms with Crippen molar-refractivity contribution in [2.45, 2.75) is 49.2 Å². The SMILES string of the molecule is CCOC(=O)C1(Cc2cccc(C)c2)Sc2ccccc2N(CCN2CCCCC2)C1=O. The van der Waals surface area contributed by atoms with Crippen LogP contribution in [0.2, 0.25) is 0 Å². The van der Waals surface area contributed by atoms with Gasteiger partial charge in [0.2, 0.25) is 4.75 Å². The lowest BCUT2D eigenvalue weighted by Crippen LogP contribution is -2.57. The van der Waals surface area contributed by atoms with E-state index in [2.05, 4.69) is 4.90 Å². The molecule has 2 heterocycles. The Morgan fingerprint density at radius 2 is 1.84 bits per heavy atom. The number of piperidine rings is 1. The largest absolute Gasteiger partial charge is 0.465 e. The van der Waals surface area contributed by atoms with Gasteiger partial charge in [0.25, 0.3) is 5.91 Å². The number of fused-ring (bicyclic) bond motifs is 1. The topological polar surface area (TPSA) is 49.9 Å². The highest BCUT2D eigenvalue weighted by molar-refractivity contribution is 8.02. The van der Waals surface area contributed by atoms with Gasteiger partial charge in [0, 0.05) is 24.4 Å². The average molecular weight is 453 g/mol. The minimum atomic E-state index is -1.32. The van der Waals surface area contributed by atoms with Crippen molar-refractivity contribution in [2.75, 3.05) is 37.7 Å². The molecule has 0 saturated carbocycles. The minimum Gasteiger partial charge on any atom is -0.465 e. The lowest BCUT2D eigenvalue weighted by molar-refractivity contribution is -0.149. The van der Waals surface area contributed by atoms with Crippen molar-refractivity contribution in [3.63, 3.8) is 0 Å². The Bertz CT molecular complexity index is 973. The zero-order chi connectivity index (χ0) is 22.6. The number of benzene rings is 2. The van der Waals surface area contributed by atoms with Crippen LogP contribution < -0.4 is 4.90 Å². The highest BCUT2D eigenvalue weighted by Gasteiger charge is 2.54. The smallest absolute Gasteiger partial charge is 0.332 e. The van der Waals surface area contributed by atoms with Crippen molar-refractivity contribution in [3.05, 3.63) is 59.7 Å². The number of esters is 1. The highest BCUT2D eigenvalue weighted by Crippen LogP contribution is 2.47. The molecule has 2 aliphatic rings. The summed E-state index contributed by atoms with van der Waals surface area (Å²) in [6.07, 6.45) is 4.01. The molecule has 4 rings (SSSR count). The Morgan fingerprint density at radius 1 is 1.06 bits per heavy atom. The molecule has 2 aromatic carbocycles. The predicted molar refractivity (Wildman–Crippen MR) is 129 cm³/mol. The first-order valence-corrected chi connectivity index (χ1v) is 12.4. The molecular formula is C26H32N2O3S. The first-order valence-electron chi connectivity index (χ1n) is 11.6. The summed E-state index contributed by atoms with van der Waals surface area (Å²) in [5.74, 6) is -0.618. The van der Waals surface area contributed by atoms with E-state index in [0.717, 1.165) is 41.3 Å². The lowest BCUT2D eigenvalue weighted by atomic mass is 9.95. The standard InChI is InChI=1S/C26H32N2O3S/c1-3-31-25(30)26(19-21-11-9-10-20(2)18-21)24(29)28(17-16-27-14-7-4-8-15-27)22-12-5-6-13-23(22)32-26/h5-6,9-13,18H,3-4,7-8,14-17,19H2,1-2H3. The summed E-state index contributed by atoms with van der Waals surface area (Å²) in [4.78, 5) is 32.7. The number of rotatable bonds is 7. The maximum Gasteiger partial charge on any atom is 0.332 e. The van der Waals surface area contributed by atoms with Crippen LogP contribution in [0.25, 0.3) is 0 Å². The number of anilines is 1. The van der Waals surface area contributed by atoms with Gasteiger partial charge in [0.15, 0.2) is 0 Å². The monoisotopic (exact) mass is 452 g/mol. The molecule has 1 saturated heterocycles. The van der Waals surface area contributed by atoms with Crippen molar-refractivity contribution < 1.29 is 14.3 Å². The molecule has 0 radical (unpaired) electrons. The molecule has 170 valence electrons. The Hall–Kier alpha value is -2.31. The van der Waals surface area contributed by atoms with Gasteiger partial charge < -0.3 is 14.5 Å². The molecule has 32 heavy (non-hydrogen) atoms.